The van der Waals surface area contributed by atoms with Gasteiger partial charge >= 0.3 is 5.69 Å². The molecule has 8 heteroatoms. The van der Waals surface area contributed by atoms with Crippen LogP contribution in [0.15, 0.2) is 38.4 Å². The number of nitrogens with one attached hydrogen (secondary N) is 1. The van der Waals surface area contributed by atoms with Crippen molar-refractivity contribution in [3.63, 3.8) is 0 Å². The summed E-state index contributed by atoms with van der Waals surface area (Å²) in [6, 6.07) is 6.91. The van der Waals surface area contributed by atoms with Crippen LogP contribution in [0.3, 0.4) is 0 Å². The molecule has 8 nitrogen and oxygen atoms in total. The summed E-state index contributed by atoms with van der Waals surface area (Å²) in [5.41, 5.74) is 0.573. The minimum Gasteiger partial charge on any atom is -0.508 e. The van der Waals surface area contributed by atoms with Crippen molar-refractivity contribution < 1.29 is 9.63 Å². The van der Waals surface area contributed by atoms with E-state index in [0.717, 1.165) is 5.56 Å². The molecule has 0 atom stereocenters. The van der Waals surface area contributed by atoms with Gasteiger partial charge in [-0.3, -0.25) is 9.78 Å². The van der Waals surface area contributed by atoms with Gasteiger partial charge in [-0.1, -0.05) is 17.3 Å². The molecule has 24 heavy (non-hydrogen) atoms. The van der Waals surface area contributed by atoms with Gasteiger partial charge < -0.3 is 14.2 Å². The minimum atomic E-state index is -0.545. The summed E-state index contributed by atoms with van der Waals surface area (Å²) < 4.78 is 6.51. The Morgan fingerprint density at radius 2 is 2.08 bits per heavy atom. The third kappa shape index (κ3) is 2.98. The van der Waals surface area contributed by atoms with E-state index in [4.69, 9.17) is 4.52 Å². The number of phenolic OH excluding ortho intramolecular Hbond substituents is 1. The molecule has 0 saturated carbocycles. The Hall–Kier alpha value is -3.16. The van der Waals surface area contributed by atoms with E-state index in [-0.39, 0.29) is 17.1 Å². The molecular formula is C16H16N4O4. The fraction of sp³-hybridized carbons (Fsp3) is 0.250. The second-order valence-electron chi connectivity index (χ2n) is 5.46. The first kappa shape index (κ1) is 15.7. The molecule has 0 bridgehead atoms. The summed E-state index contributed by atoms with van der Waals surface area (Å²) in [4.78, 5) is 30.0. The van der Waals surface area contributed by atoms with Crippen molar-refractivity contribution in [3.05, 3.63) is 62.3 Å². The number of aromatic nitrogens is 4. The summed E-state index contributed by atoms with van der Waals surface area (Å²) in [7, 11) is 1.56. The van der Waals surface area contributed by atoms with Gasteiger partial charge in [0.25, 0.3) is 5.56 Å². The topological polar surface area (TPSA) is 114 Å². The zero-order valence-electron chi connectivity index (χ0n) is 13.2. The molecule has 124 valence electrons. The van der Waals surface area contributed by atoms with Gasteiger partial charge in [-0.15, -0.1) is 0 Å². The molecule has 2 heterocycles. The van der Waals surface area contributed by atoms with E-state index in [0.29, 0.717) is 24.4 Å². The SMILES string of the molecule is Cc1c(-c2noc(CCc3cccc(O)c3)n2)c(=O)[nH]c(=O)n1C. The van der Waals surface area contributed by atoms with Gasteiger partial charge in [0, 0.05) is 19.2 Å². The largest absolute Gasteiger partial charge is 0.508 e. The Morgan fingerprint density at radius 3 is 2.83 bits per heavy atom. The number of H-pyrrole nitrogens is 1. The lowest BCUT2D eigenvalue weighted by Crippen LogP contribution is -2.31. The Kier molecular flexibility index (Phi) is 4.03. The zero-order valence-corrected chi connectivity index (χ0v) is 13.2. The van der Waals surface area contributed by atoms with Crippen molar-refractivity contribution in [1.29, 1.82) is 0 Å². The number of rotatable bonds is 4. The molecule has 0 radical (unpaired) electrons. The van der Waals surface area contributed by atoms with Crippen LogP contribution in [0.4, 0.5) is 0 Å². The van der Waals surface area contributed by atoms with Crippen molar-refractivity contribution in [2.24, 2.45) is 7.05 Å². The van der Waals surface area contributed by atoms with Gasteiger partial charge in [0.15, 0.2) is 0 Å². The van der Waals surface area contributed by atoms with Crippen molar-refractivity contribution in [2.75, 3.05) is 0 Å². The second-order valence-corrected chi connectivity index (χ2v) is 5.46. The van der Waals surface area contributed by atoms with E-state index in [1.807, 2.05) is 6.07 Å². The number of aromatic hydroxyl groups is 1. The Bertz CT molecular complexity index is 1000. The van der Waals surface area contributed by atoms with Gasteiger partial charge in [0.1, 0.15) is 11.3 Å². The highest BCUT2D eigenvalue weighted by molar-refractivity contribution is 5.55. The Labute approximate surface area is 136 Å². The van der Waals surface area contributed by atoms with Crippen LogP contribution in [-0.4, -0.2) is 24.8 Å². The van der Waals surface area contributed by atoms with Crippen molar-refractivity contribution in [1.82, 2.24) is 19.7 Å². The molecule has 1 aromatic carbocycles. The first-order valence-corrected chi connectivity index (χ1v) is 7.36. The molecular weight excluding hydrogens is 312 g/mol. The van der Waals surface area contributed by atoms with Crippen LogP contribution in [0.25, 0.3) is 11.4 Å². The first-order valence-electron chi connectivity index (χ1n) is 7.36. The maximum Gasteiger partial charge on any atom is 0.328 e. The third-order valence-corrected chi connectivity index (χ3v) is 3.85. The number of aryl methyl sites for hydroxylation is 2. The molecule has 0 amide bonds. The van der Waals surface area contributed by atoms with Crippen molar-refractivity contribution in [3.8, 4) is 17.1 Å². The minimum absolute atomic E-state index is 0.148. The summed E-state index contributed by atoms with van der Waals surface area (Å²) in [5, 5.41) is 13.3. The van der Waals surface area contributed by atoms with E-state index in [1.54, 1.807) is 32.2 Å². The van der Waals surface area contributed by atoms with Crippen molar-refractivity contribution >= 4 is 0 Å². The lowest BCUT2D eigenvalue weighted by molar-refractivity contribution is 0.378. The quantitative estimate of drug-likeness (QED) is 0.736. The van der Waals surface area contributed by atoms with Gasteiger partial charge in [0.2, 0.25) is 11.7 Å². The number of phenols is 1. The van der Waals surface area contributed by atoms with Crippen LogP contribution in [-0.2, 0) is 19.9 Å². The molecule has 0 aliphatic rings. The van der Waals surface area contributed by atoms with E-state index >= 15 is 0 Å². The zero-order chi connectivity index (χ0) is 17.3. The maximum atomic E-state index is 12.0. The average molecular weight is 328 g/mol. The molecule has 2 N–H and O–H groups in total. The van der Waals surface area contributed by atoms with Crippen LogP contribution < -0.4 is 11.2 Å². The third-order valence-electron chi connectivity index (χ3n) is 3.85. The van der Waals surface area contributed by atoms with Crippen LogP contribution in [0, 0.1) is 6.92 Å². The van der Waals surface area contributed by atoms with E-state index in [1.165, 1.54) is 4.57 Å². The number of aromatic amines is 1. The van der Waals surface area contributed by atoms with Crippen LogP contribution in [0.2, 0.25) is 0 Å². The number of hydrogen-bond acceptors (Lipinski definition) is 6. The van der Waals surface area contributed by atoms with E-state index in [9.17, 15) is 14.7 Å². The number of nitrogens with zero attached hydrogens (tertiary/aromatic N) is 3. The molecule has 0 spiro atoms. The normalized spacial score (nSPS) is 10.9. The van der Waals surface area contributed by atoms with E-state index in [2.05, 4.69) is 15.1 Å². The average Bonchev–Trinajstić information content (AvgIpc) is 2.99. The van der Waals surface area contributed by atoms with Crippen LogP contribution >= 0.6 is 0 Å². The Morgan fingerprint density at radius 1 is 1.29 bits per heavy atom. The highest BCUT2D eigenvalue weighted by atomic mass is 16.5. The van der Waals surface area contributed by atoms with Crippen LogP contribution in [0.1, 0.15) is 17.1 Å². The van der Waals surface area contributed by atoms with Crippen molar-refractivity contribution in [2.45, 2.75) is 19.8 Å². The second kappa shape index (κ2) is 6.15. The predicted octanol–water partition coefficient (Wildman–Crippen LogP) is 0.923. The number of benzene rings is 1. The first-order chi connectivity index (χ1) is 11.5. The molecule has 3 rings (SSSR count). The lowest BCUT2D eigenvalue weighted by atomic mass is 10.1. The molecule has 2 aromatic heterocycles. The molecule has 0 saturated heterocycles. The summed E-state index contributed by atoms with van der Waals surface area (Å²) in [5.74, 6) is 0.724. The molecule has 0 aliphatic heterocycles. The smallest absolute Gasteiger partial charge is 0.328 e. The number of hydrogen-bond donors (Lipinski definition) is 2. The monoisotopic (exact) mass is 328 g/mol. The Balaban J connectivity index is 1.85. The lowest BCUT2D eigenvalue weighted by Gasteiger charge is -2.04. The molecule has 0 unspecified atom stereocenters. The standard InChI is InChI=1S/C16H16N4O4/c1-9-13(15(22)18-16(23)20(9)2)14-17-12(24-19-14)7-6-10-4-3-5-11(21)8-10/h3-5,8,21H,6-7H2,1-2H3,(H,18,22,23). The fourth-order valence-corrected chi connectivity index (χ4v) is 2.41. The fourth-order valence-electron chi connectivity index (χ4n) is 2.41. The maximum absolute atomic E-state index is 12.0. The predicted molar refractivity (Wildman–Crippen MR) is 85.8 cm³/mol. The molecule has 0 fully saturated rings. The highest BCUT2D eigenvalue weighted by Gasteiger charge is 2.17. The summed E-state index contributed by atoms with van der Waals surface area (Å²) in [6.45, 7) is 1.65. The molecule has 3 aromatic rings. The van der Waals surface area contributed by atoms with Crippen LogP contribution in [0.5, 0.6) is 5.75 Å². The van der Waals surface area contributed by atoms with Gasteiger partial charge in [-0.2, -0.15) is 4.98 Å². The van der Waals surface area contributed by atoms with E-state index < -0.39 is 11.2 Å². The highest BCUT2D eigenvalue weighted by Crippen LogP contribution is 2.16. The van der Waals surface area contributed by atoms with Gasteiger partial charge in [0.05, 0.1) is 0 Å². The van der Waals surface area contributed by atoms with Gasteiger partial charge in [-0.05, 0) is 31.0 Å². The summed E-state index contributed by atoms with van der Waals surface area (Å²) in [6.07, 6.45) is 1.08. The summed E-state index contributed by atoms with van der Waals surface area (Å²) >= 11 is 0. The molecule has 0 aliphatic carbocycles. The van der Waals surface area contributed by atoms with Gasteiger partial charge in [-0.25, -0.2) is 4.79 Å².